The Hall–Kier alpha value is -1.33. The van der Waals surface area contributed by atoms with Gasteiger partial charge in [0.2, 0.25) is 0 Å². The van der Waals surface area contributed by atoms with E-state index in [0.29, 0.717) is 29.6 Å². The van der Waals surface area contributed by atoms with Gasteiger partial charge in [0.15, 0.2) is 0 Å². The first kappa shape index (κ1) is 15.7. The van der Waals surface area contributed by atoms with Gasteiger partial charge in [0.25, 0.3) is 5.91 Å². The van der Waals surface area contributed by atoms with Crippen LogP contribution in [0.4, 0.5) is 5.82 Å². The van der Waals surface area contributed by atoms with Gasteiger partial charge in [-0.25, -0.2) is 4.98 Å². The minimum absolute atomic E-state index is 0.0740. The molecule has 0 saturated carbocycles. The van der Waals surface area contributed by atoms with Crippen LogP contribution in [0.3, 0.4) is 0 Å². The van der Waals surface area contributed by atoms with E-state index in [0.717, 1.165) is 0 Å². The summed E-state index contributed by atoms with van der Waals surface area (Å²) >= 11 is 6.06. The van der Waals surface area contributed by atoms with Crippen molar-refractivity contribution in [1.29, 1.82) is 0 Å². The standard InChI is InChI=1S/C13H20ClN3O2/c1-9(2)17(5-6-19-4)13(18)10-7-12(15-3)16-8-11(10)14/h7-9H,5-6H2,1-4H3,(H,15,16). The number of pyridine rings is 1. The Kier molecular flexibility index (Phi) is 6.05. The summed E-state index contributed by atoms with van der Waals surface area (Å²) in [5.41, 5.74) is 0.450. The molecule has 1 aromatic heterocycles. The molecule has 1 aromatic rings. The molecule has 5 nitrogen and oxygen atoms in total. The summed E-state index contributed by atoms with van der Waals surface area (Å²) in [6, 6.07) is 1.73. The zero-order chi connectivity index (χ0) is 14.4. The van der Waals surface area contributed by atoms with Crippen LogP contribution in [-0.4, -0.2) is 49.1 Å². The molecule has 0 aromatic carbocycles. The van der Waals surface area contributed by atoms with Crippen molar-refractivity contribution in [3.63, 3.8) is 0 Å². The number of amides is 1. The molecular weight excluding hydrogens is 266 g/mol. The van der Waals surface area contributed by atoms with Crippen LogP contribution in [0.5, 0.6) is 0 Å². The molecule has 6 heteroatoms. The van der Waals surface area contributed by atoms with Gasteiger partial charge in [0, 0.05) is 32.9 Å². The summed E-state index contributed by atoms with van der Waals surface area (Å²) < 4.78 is 5.03. The van der Waals surface area contributed by atoms with Gasteiger partial charge in [-0.2, -0.15) is 0 Å². The summed E-state index contributed by atoms with van der Waals surface area (Å²) in [6.45, 7) is 4.94. The van der Waals surface area contributed by atoms with Crippen molar-refractivity contribution in [1.82, 2.24) is 9.88 Å². The minimum Gasteiger partial charge on any atom is -0.383 e. The first-order valence-corrected chi connectivity index (χ1v) is 6.52. The Balaban J connectivity index is 3.01. The van der Waals surface area contributed by atoms with Crippen molar-refractivity contribution in [2.75, 3.05) is 32.6 Å². The highest BCUT2D eigenvalue weighted by Crippen LogP contribution is 2.20. The largest absolute Gasteiger partial charge is 0.383 e. The highest BCUT2D eigenvalue weighted by atomic mass is 35.5. The number of aromatic nitrogens is 1. The summed E-state index contributed by atoms with van der Waals surface area (Å²) in [6.07, 6.45) is 1.48. The van der Waals surface area contributed by atoms with E-state index in [2.05, 4.69) is 10.3 Å². The highest BCUT2D eigenvalue weighted by molar-refractivity contribution is 6.33. The number of rotatable bonds is 6. The molecule has 0 saturated heterocycles. The predicted octanol–water partition coefficient (Wildman–Crippen LogP) is 2.27. The maximum Gasteiger partial charge on any atom is 0.255 e. The second-order valence-corrected chi connectivity index (χ2v) is 4.79. The van der Waals surface area contributed by atoms with Gasteiger partial charge in [-0.1, -0.05) is 11.6 Å². The van der Waals surface area contributed by atoms with Gasteiger partial charge >= 0.3 is 0 Å². The summed E-state index contributed by atoms with van der Waals surface area (Å²) in [7, 11) is 3.36. The molecule has 0 bridgehead atoms. The van der Waals surface area contributed by atoms with E-state index in [-0.39, 0.29) is 11.9 Å². The number of nitrogens with zero attached hydrogens (tertiary/aromatic N) is 2. The Labute approximate surface area is 118 Å². The topological polar surface area (TPSA) is 54.5 Å². The van der Waals surface area contributed by atoms with Crippen LogP contribution in [0.15, 0.2) is 12.3 Å². The predicted molar refractivity (Wildman–Crippen MR) is 76.8 cm³/mol. The van der Waals surface area contributed by atoms with Gasteiger partial charge in [-0.05, 0) is 19.9 Å². The molecule has 1 heterocycles. The fourth-order valence-electron chi connectivity index (χ4n) is 1.68. The quantitative estimate of drug-likeness (QED) is 0.871. The Morgan fingerprint density at radius 1 is 1.58 bits per heavy atom. The SMILES string of the molecule is CNc1cc(C(=O)N(CCOC)C(C)C)c(Cl)cn1. The second kappa shape index (κ2) is 7.31. The maximum absolute atomic E-state index is 12.5. The number of carbonyl (C=O) groups excluding carboxylic acids is 1. The van der Waals surface area contributed by atoms with Crippen LogP contribution in [0.1, 0.15) is 24.2 Å². The smallest absolute Gasteiger partial charge is 0.255 e. The molecule has 106 valence electrons. The van der Waals surface area contributed by atoms with Crippen LogP contribution < -0.4 is 5.32 Å². The van der Waals surface area contributed by atoms with Crippen LogP contribution in [0, 0.1) is 0 Å². The molecule has 0 aliphatic heterocycles. The van der Waals surface area contributed by atoms with Gasteiger partial charge in [0.1, 0.15) is 5.82 Å². The monoisotopic (exact) mass is 285 g/mol. The number of hydrogen-bond acceptors (Lipinski definition) is 4. The van der Waals surface area contributed by atoms with Crippen molar-refractivity contribution < 1.29 is 9.53 Å². The number of methoxy groups -OCH3 is 1. The molecule has 0 radical (unpaired) electrons. The average Bonchev–Trinajstić information content (AvgIpc) is 2.39. The third-order valence-electron chi connectivity index (χ3n) is 2.76. The zero-order valence-corrected chi connectivity index (χ0v) is 12.5. The maximum atomic E-state index is 12.5. The van der Waals surface area contributed by atoms with Crippen LogP contribution in [0.25, 0.3) is 0 Å². The number of carbonyl (C=O) groups is 1. The number of ether oxygens (including phenoxy) is 1. The van der Waals surface area contributed by atoms with Crippen molar-refractivity contribution in [2.45, 2.75) is 19.9 Å². The van der Waals surface area contributed by atoms with Crippen LogP contribution in [0.2, 0.25) is 5.02 Å². The Morgan fingerprint density at radius 2 is 2.26 bits per heavy atom. The lowest BCUT2D eigenvalue weighted by atomic mass is 10.2. The van der Waals surface area contributed by atoms with Crippen LogP contribution >= 0.6 is 11.6 Å². The molecule has 0 spiro atoms. The molecule has 0 fully saturated rings. The first-order valence-electron chi connectivity index (χ1n) is 6.14. The average molecular weight is 286 g/mol. The molecule has 0 unspecified atom stereocenters. The van der Waals surface area contributed by atoms with E-state index in [1.165, 1.54) is 6.20 Å². The number of anilines is 1. The van der Waals surface area contributed by atoms with Gasteiger partial charge in [-0.15, -0.1) is 0 Å². The van der Waals surface area contributed by atoms with Crippen molar-refractivity contribution >= 4 is 23.3 Å². The highest BCUT2D eigenvalue weighted by Gasteiger charge is 2.21. The van der Waals surface area contributed by atoms with E-state index in [1.54, 1.807) is 25.1 Å². The molecule has 1 N–H and O–H groups in total. The first-order chi connectivity index (χ1) is 9.01. The Morgan fingerprint density at radius 3 is 2.79 bits per heavy atom. The molecule has 19 heavy (non-hydrogen) atoms. The number of hydrogen-bond donors (Lipinski definition) is 1. The third-order valence-corrected chi connectivity index (χ3v) is 3.06. The zero-order valence-electron chi connectivity index (χ0n) is 11.7. The molecule has 0 aliphatic carbocycles. The number of halogens is 1. The van der Waals surface area contributed by atoms with E-state index in [4.69, 9.17) is 16.3 Å². The second-order valence-electron chi connectivity index (χ2n) is 4.38. The van der Waals surface area contributed by atoms with Crippen molar-refractivity contribution in [3.8, 4) is 0 Å². The summed E-state index contributed by atoms with van der Waals surface area (Å²) in [5, 5.41) is 3.25. The van der Waals surface area contributed by atoms with Gasteiger partial charge in [-0.3, -0.25) is 4.79 Å². The lowest BCUT2D eigenvalue weighted by Crippen LogP contribution is -2.39. The van der Waals surface area contributed by atoms with Gasteiger partial charge < -0.3 is 15.0 Å². The lowest BCUT2D eigenvalue weighted by molar-refractivity contribution is 0.0635. The van der Waals surface area contributed by atoms with Crippen molar-refractivity contribution in [2.24, 2.45) is 0 Å². The van der Waals surface area contributed by atoms with E-state index in [9.17, 15) is 4.79 Å². The normalized spacial score (nSPS) is 10.6. The molecule has 1 amide bonds. The summed E-state index contributed by atoms with van der Waals surface area (Å²) in [5.74, 6) is 0.499. The Bertz CT molecular complexity index is 438. The molecule has 0 atom stereocenters. The molecule has 1 rings (SSSR count). The van der Waals surface area contributed by atoms with E-state index in [1.807, 2.05) is 13.8 Å². The number of nitrogens with one attached hydrogen (secondary N) is 1. The molecular formula is C13H20ClN3O2. The van der Waals surface area contributed by atoms with E-state index >= 15 is 0 Å². The molecule has 0 aliphatic rings. The van der Waals surface area contributed by atoms with E-state index < -0.39 is 0 Å². The van der Waals surface area contributed by atoms with Gasteiger partial charge in [0.05, 0.1) is 17.2 Å². The van der Waals surface area contributed by atoms with Crippen LogP contribution in [-0.2, 0) is 4.74 Å². The lowest BCUT2D eigenvalue weighted by Gasteiger charge is -2.27. The van der Waals surface area contributed by atoms with Crippen molar-refractivity contribution in [3.05, 3.63) is 22.8 Å². The fraction of sp³-hybridized carbons (Fsp3) is 0.538. The summed E-state index contributed by atoms with van der Waals surface area (Å²) in [4.78, 5) is 18.3. The third kappa shape index (κ3) is 4.08. The minimum atomic E-state index is -0.115. The fourth-order valence-corrected chi connectivity index (χ4v) is 1.86.